The summed E-state index contributed by atoms with van der Waals surface area (Å²) in [5.74, 6) is 2.36. The molecule has 0 aliphatic carbocycles. The fraction of sp³-hybridized carbons (Fsp3) is 0.762. The molecule has 0 spiro atoms. The van der Waals surface area contributed by atoms with E-state index in [2.05, 4.69) is 45.3 Å². The molecule has 0 bridgehead atoms. The van der Waals surface area contributed by atoms with Crippen LogP contribution < -0.4 is 10.6 Å². The molecule has 26 heavy (non-hydrogen) atoms. The van der Waals surface area contributed by atoms with Gasteiger partial charge < -0.3 is 19.8 Å². The van der Waals surface area contributed by atoms with Crippen molar-refractivity contribution in [1.82, 2.24) is 10.6 Å². The zero-order valence-electron chi connectivity index (χ0n) is 17.2. The van der Waals surface area contributed by atoms with Gasteiger partial charge in [-0.25, -0.2) is 0 Å². The van der Waals surface area contributed by atoms with Crippen LogP contribution in [-0.2, 0) is 11.2 Å². The van der Waals surface area contributed by atoms with Crippen LogP contribution in [0.15, 0.2) is 27.8 Å². The van der Waals surface area contributed by atoms with Crippen LogP contribution in [0.3, 0.4) is 0 Å². The van der Waals surface area contributed by atoms with E-state index in [0.717, 1.165) is 50.7 Å². The Balaban J connectivity index is 1.95. The van der Waals surface area contributed by atoms with E-state index in [1.807, 2.05) is 12.1 Å². The highest BCUT2D eigenvalue weighted by Crippen LogP contribution is 2.34. The molecule has 1 saturated heterocycles. The Hall–Kier alpha value is -1.49. The van der Waals surface area contributed by atoms with Crippen LogP contribution >= 0.6 is 0 Å². The number of hydrogen-bond acceptors (Lipinski definition) is 3. The molecule has 2 rings (SSSR count). The first-order valence-electron chi connectivity index (χ1n) is 10.1. The molecule has 1 aromatic rings. The first kappa shape index (κ1) is 20.8. The maximum Gasteiger partial charge on any atom is 0.191 e. The van der Waals surface area contributed by atoms with Crippen molar-refractivity contribution in [1.29, 1.82) is 0 Å². The van der Waals surface area contributed by atoms with Gasteiger partial charge in [0.2, 0.25) is 0 Å². The molecule has 3 atom stereocenters. The monoisotopic (exact) mass is 363 g/mol. The van der Waals surface area contributed by atoms with Crippen molar-refractivity contribution in [3.8, 4) is 0 Å². The molecule has 1 aromatic heterocycles. The molecular formula is C21H37N3O2. The zero-order chi connectivity index (χ0) is 19.0. The van der Waals surface area contributed by atoms with Gasteiger partial charge in [0, 0.05) is 38.1 Å². The molecule has 0 aromatic carbocycles. The smallest absolute Gasteiger partial charge is 0.191 e. The number of hydrogen-bond donors (Lipinski definition) is 2. The summed E-state index contributed by atoms with van der Waals surface area (Å²) in [5.41, 5.74) is 0.150. The van der Waals surface area contributed by atoms with Crippen LogP contribution in [0, 0.1) is 11.3 Å². The third-order valence-corrected chi connectivity index (χ3v) is 5.02. The molecule has 2 heterocycles. The van der Waals surface area contributed by atoms with E-state index in [0.29, 0.717) is 12.0 Å². The minimum atomic E-state index is 0.150. The summed E-state index contributed by atoms with van der Waals surface area (Å²) in [6, 6.07) is 4.33. The van der Waals surface area contributed by atoms with Gasteiger partial charge in [0.15, 0.2) is 5.96 Å². The summed E-state index contributed by atoms with van der Waals surface area (Å²) < 4.78 is 11.5. The summed E-state index contributed by atoms with van der Waals surface area (Å²) in [6.45, 7) is 13.6. The van der Waals surface area contributed by atoms with Gasteiger partial charge in [0.25, 0.3) is 0 Å². The predicted molar refractivity (Wildman–Crippen MR) is 108 cm³/mol. The van der Waals surface area contributed by atoms with E-state index in [-0.39, 0.29) is 11.5 Å². The zero-order valence-corrected chi connectivity index (χ0v) is 17.2. The summed E-state index contributed by atoms with van der Waals surface area (Å²) >= 11 is 0. The van der Waals surface area contributed by atoms with Gasteiger partial charge in [-0.3, -0.25) is 4.99 Å². The number of guanidine groups is 1. The highest BCUT2D eigenvalue weighted by atomic mass is 16.5. The van der Waals surface area contributed by atoms with Crippen molar-refractivity contribution in [2.75, 3.05) is 19.7 Å². The first-order chi connectivity index (χ1) is 12.4. The molecule has 1 fully saturated rings. The predicted octanol–water partition coefficient (Wildman–Crippen LogP) is 4.00. The third-order valence-electron chi connectivity index (χ3n) is 5.02. The Morgan fingerprint density at radius 2 is 2.19 bits per heavy atom. The minimum absolute atomic E-state index is 0.150. The molecule has 0 radical (unpaired) electrons. The Bertz CT molecular complexity index is 534. The molecule has 3 unspecified atom stereocenters. The summed E-state index contributed by atoms with van der Waals surface area (Å²) in [7, 11) is 0. The second kappa shape index (κ2) is 10.0. The second-order valence-corrected chi connectivity index (χ2v) is 8.46. The van der Waals surface area contributed by atoms with Gasteiger partial charge in [-0.2, -0.15) is 0 Å². The molecule has 5 nitrogen and oxygen atoms in total. The molecule has 2 N–H and O–H groups in total. The number of nitrogens with one attached hydrogen (secondary N) is 2. The lowest BCUT2D eigenvalue weighted by atomic mass is 9.78. The van der Waals surface area contributed by atoms with Gasteiger partial charge >= 0.3 is 0 Å². The Morgan fingerprint density at radius 1 is 1.38 bits per heavy atom. The Labute approximate surface area is 159 Å². The van der Waals surface area contributed by atoms with Gasteiger partial charge in [0.1, 0.15) is 5.76 Å². The van der Waals surface area contributed by atoms with E-state index < -0.39 is 0 Å². The lowest BCUT2D eigenvalue weighted by molar-refractivity contribution is -0.0823. The molecular weight excluding hydrogens is 326 g/mol. The van der Waals surface area contributed by atoms with Crippen molar-refractivity contribution in [3.05, 3.63) is 24.2 Å². The van der Waals surface area contributed by atoms with Gasteiger partial charge in [-0.15, -0.1) is 0 Å². The Morgan fingerprint density at radius 3 is 2.85 bits per heavy atom. The molecule has 5 heteroatoms. The number of ether oxygens (including phenoxy) is 1. The van der Waals surface area contributed by atoms with Gasteiger partial charge in [-0.1, -0.05) is 27.7 Å². The van der Waals surface area contributed by atoms with Crippen molar-refractivity contribution >= 4 is 5.96 Å². The fourth-order valence-corrected chi connectivity index (χ4v) is 3.44. The highest BCUT2D eigenvalue weighted by Gasteiger charge is 2.35. The van der Waals surface area contributed by atoms with Crippen molar-refractivity contribution in [2.24, 2.45) is 16.3 Å². The number of aliphatic imine (C=N–C) groups is 1. The molecule has 1 aliphatic heterocycles. The van der Waals surface area contributed by atoms with Crippen molar-refractivity contribution < 1.29 is 9.15 Å². The first-order valence-corrected chi connectivity index (χ1v) is 10.1. The number of furan rings is 1. The minimum Gasteiger partial charge on any atom is -0.469 e. The number of rotatable bonds is 7. The average molecular weight is 364 g/mol. The maximum atomic E-state index is 6.10. The number of nitrogens with zero attached hydrogens (tertiary/aromatic N) is 1. The van der Waals surface area contributed by atoms with Gasteiger partial charge in [-0.05, 0) is 43.7 Å². The summed E-state index contributed by atoms with van der Waals surface area (Å²) in [5, 5.41) is 6.96. The molecule has 1 aliphatic rings. The van der Waals surface area contributed by atoms with Crippen molar-refractivity contribution in [2.45, 2.75) is 72.4 Å². The maximum absolute atomic E-state index is 6.10. The van der Waals surface area contributed by atoms with Crippen LogP contribution in [-0.4, -0.2) is 37.8 Å². The van der Waals surface area contributed by atoms with E-state index in [1.165, 1.54) is 6.42 Å². The van der Waals surface area contributed by atoms with Crippen LogP contribution in [0.1, 0.15) is 59.6 Å². The quantitative estimate of drug-likeness (QED) is 0.568. The van der Waals surface area contributed by atoms with E-state index in [1.54, 1.807) is 6.26 Å². The van der Waals surface area contributed by atoms with Crippen LogP contribution in [0.25, 0.3) is 0 Å². The lowest BCUT2D eigenvalue weighted by Crippen LogP contribution is -2.44. The molecule has 0 amide bonds. The van der Waals surface area contributed by atoms with Gasteiger partial charge in [0.05, 0.1) is 12.4 Å². The molecule has 0 saturated carbocycles. The highest BCUT2D eigenvalue weighted by molar-refractivity contribution is 5.80. The summed E-state index contributed by atoms with van der Waals surface area (Å²) in [6.07, 6.45) is 6.23. The van der Waals surface area contributed by atoms with Crippen LogP contribution in [0.4, 0.5) is 0 Å². The lowest BCUT2D eigenvalue weighted by Gasteiger charge is -2.39. The summed E-state index contributed by atoms with van der Waals surface area (Å²) in [4.78, 5) is 4.90. The standard InChI is InChI=1S/C21H37N3O2/c1-6-16(2)24-20(22-12-11-18-10-8-13-25-18)23-15-17-9-7-14-26-19(17)21(3,4)5/h8,10,13,16-17,19H,6-7,9,11-12,14-15H2,1-5H3,(H2,22,23,24). The Kier molecular flexibility index (Phi) is 8.01. The van der Waals surface area contributed by atoms with Crippen LogP contribution in [0.5, 0.6) is 0 Å². The van der Waals surface area contributed by atoms with E-state index in [9.17, 15) is 0 Å². The molecule has 148 valence electrons. The van der Waals surface area contributed by atoms with E-state index >= 15 is 0 Å². The van der Waals surface area contributed by atoms with Crippen molar-refractivity contribution in [3.63, 3.8) is 0 Å². The third kappa shape index (κ3) is 6.67. The van der Waals surface area contributed by atoms with E-state index in [4.69, 9.17) is 14.1 Å². The largest absolute Gasteiger partial charge is 0.469 e. The van der Waals surface area contributed by atoms with Crippen LogP contribution in [0.2, 0.25) is 0 Å². The SMILES string of the molecule is CCC(C)NC(=NCC1CCCOC1C(C)(C)C)NCCc1ccco1. The fourth-order valence-electron chi connectivity index (χ4n) is 3.44. The second-order valence-electron chi connectivity index (χ2n) is 8.46. The normalized spacial score (nSPS) is 22.9. The topological polar surface area (TPSA) is 58.8 Å². The average Bonchev–Trinajstić information content (AvgIpc) is 3.12.